The second-order valence-electron chi connectivity index (χ2n) is 10.4. The van der Waals surface area contributed by atoms with Crippen LogP contribution in [0.25, 0.3) is 0 Å². The molecule has 0 aliphatic heterocycles. The maximum atomic E-state index is 12.9. The molecule has 1 atom stereocenters. The van der Waals surface area contributed by atoms with E-state index in [1.165, 1.54) is 31.0 Å². The van der Waals surface area contributed by atoms with Gasteiger partial charge in [0, 0.05) is 16.5 Å². The predicted octanol–water partition coefficient (Wildman–Crippen LogP) is 4.33. The minimum absolute atomic E-state index is 0.00683. The molecule has 7 heteroatoms. The van der Waals surface area contributed by atoms with Gasteiger partial charge < -0.3 is 15.4 Å². The maximum absolute atomic E-state index is 12.9. The molecule has 1 aromatic carbocycles. The first-order chi connectivity index (χ1) is 15.9. The number of carbonyl (C=O) groups is 3. The van der Waals surface area contributed by atoms with Gasteiger partial charge in [0.25, 0.3) is 5.91 Å². The summed E-state index contributed by atoms with van der Waals surface area (Å²) in [6.45, 7) is 3.68. The SMILES string of the molecule is CCCC(C)NC(=O)COC(=O)c1ccccc1SCC(=O)NC12CC3CC(CC(C3)C1)C2. The summed E-state index contributed by atoms with van der Waals surface area (Å²) in [6, 6.07) is 7.16. The van der Waals surface area contributed by atoms with Crippen LogP contribution in [0.2, 0.25) is 0 Å². The van der Waals surface area contributed by atoms with Gasteiger partial charge in [0.2, 0.25) is 5.91 Å². The molecule has 33 heavy (non-hydrogen) atoms. The first kappa shape index (κ1) is 24.1. The van der Waals surface area contributed by atoms with Crippen molar-refractivity contribution in [2.24, 2.45) is 17.8 Å². The molecule has 4 saturated carbocycles. The van der Waals surface area contributed by atoms with E-state index in [4.69, 9.17) is 4.74 Å². The lowest BCUT2D eigenvalue weighted by Crippen LogP contribution is -2.60. The Bertz CT molecular complexity index is 852. The third-order valence-electron chi connectivity index (χ3n) is 7.37. The molecular formula is C26H36N2O4S. The molecule has 0 saturated heterocycles. The molecule has 5 rings (SSSR count). The minimum Gasteiger partial charge on any atom is -0.452 e. The molecule has 4 aliphatic carbocycles. The van der Waals surface area contributed by atoms with Crippen molar-refractivity contribution in [3.8, 4) is 0 Å². The average Bonchev–Trinajstić information content (AvgIpc) is 2.75. The van der Waals surface area contributed by atoms with Crippen LogP contribution in [0.4, 0.5) is 0 Å². The van der Waals surface area contributed by atoms with E-state index in [0.717, 1.165) is 49.9 Å². The lowest BCUT2D eigenvalue weighted by Gasteiger charge is -2.56. The summed E-state index contributed by atoms with van der Waals surface area (Å²) in [5.74, 6) is 1.79. The number of ether oxygens (including phenoxy) is 1. The number of thioether (sulfide) groups is 1. The van der Waals surface area contributed by atoms with Gasteiger partial charge in [0.05, 0.1) is 11.3 Å². The van der Waals surface area contributed by atoms with Gasteiger partial charge >= 0.3 is 5.97 Å². The molecular weight excluding hydrogens is 436 g/mol. The zero-order valence-electron chi connectivity index (χ0n) is 19.7. The number of benzene rings is 1. The predicted molar refractivity (Wildman–Crippen MR) is 129 cm³/mol. The van der Waals surface area contributed by atoms with E-state index in [1.807, 2.05) is 19.1 Å². The number of nitrogens with one attached hydrogen (secondary N) is 2. The summed E-state index contributed by atoms with van der Waals surface area (Å²) in [5, 5.41) is 6.21. The largest absolute Gasteiger partial charge is 0.452 e. The summed E-state index contributed by atoms with van der Waals surface area (Å²) in [7, 11) is 0. The molecule has 4 fully saturated rings. The fraction of sp³-hybridized carbons (Fsp3) is 0.654. The minimum atomic E-state index is -0.544. The standard InChI is InChI=1S/C26H36N2O4S/c1-3-6-17(2)27-23(29)15-32-25(31)21-7-4-5-8-22(21)33-16-24(30)28-26-12-18-9-19(13-26)11-20(10-18)14-26/h4-5,7-8,17-20H,3,6,9-16H2,1-2H3,(H,27,29)(H,28,30). The zero-order chi connectivity index (χ0) is 23.4. The van der Waals surface area contributed by atoms with E-state index < -0.39 is 5.97 Å². The Morgan fingerprint density at radius 3 is 2.33 bits per heavy atom. The van der Waals surface area contributed by atoms with Crippen LogP contribution < -0.4 is 10.6 Å². The van der Waals surface area contributed by atoms with Crippen molar-refractivity contribution in [2.75, 3.05) is 12.4 Å². The van der Waals surface area contributed by atoms with Gasteiger partial charge in [-0.2, -0.15) is 0 Å². The molecule has 2 N–H and O–H groups in total. The van der Waals surface area contributed by atoms with Crippen molar-refractivity contribution >= 4 is 29.5 Å². The molecule has 0 aromatic heterocycles. The second kappa shape index (κ2) is 10.5. The Morgan fingerprint density at radius 2 is 1.70 bits per heavy atom. The fourth-order valence-electron chi connectivity index (χ4n) is 6.53. The molecule has 180 valence electrons. The molecule has 0 heterocycles. The van der Waals surface area contributed by atoms with Crippen LogP contribution in [0.1, 0.15) is 75.6 Å². The fourth-order valence-corrected chi connectivity index (χ4v) is 7.37. The van der Waals surface area contributed by atoms with Crippen LogP contribution >= 0.6 is 11.8 Å². The number of hydrogen-bond acceptors (Lipinski definition) is 5. The van der Waals surface area contributed by atoms with Crippen LogP contribution in [0.5, 0.6) is 0 Å². The van der Waals surface area contributed by atoms with Crippen molar-refractivity contribution in [2.45, 2.75) is 81.7 Å². The van der Waals surface area contributed by atoms with Crippen molar-refractivity contribution < 1.29 is 19.1 Å². The first-order valence-electron chi connectivity index (χ1n) is 12.3. The maximum Gasteiger partial charge on any atom is 0.339 e. The quantitative estimate of drug-likeness (QED) is 0.391. The lowest BCUT2D eigenvalue weighted by atomic mass is 9.53. The first-order valence-corrected chi connectivity index (χ1v) is 13.3. The molecule has 1 unspecified atom stereocenters. The van der Waals surface area contributed by atoms with Gasteiger partial charge in [-0.3, -0.25) is 9.59 Å². The van der Waals surface area contributed by atoms with E-state index >= 15 is 0 Å². The Hall–Kier alpha value is -2.02. The van der Waals surface area contributed by atoms with Crippen molar-refractivity contribution in [1.82, 2.24) is 10.6 Å². The van der Waals surface area contributed by atoms with E-state index in [9.17, 15) is 14.4 Å². The molecule has 1 aromatic rings. The van der Waals surface area contributed by atoms with Crippen LogP contribution in [0.15, 0.2) is 29.2 Å². The Kier molecular flexibility index (Phi) is 7.67. The van der Waals surface area contributed by atoms with Gasteiger partial charge in [-0.05, 0) is 81.8 Å². The van der Waals surface area contributed by atoms with Crippen molar-refractivity contribution in [3.63, 3.8) is 0 Å². The van der Waals surface area contributed by atoms with Crippen LogP contribution in [0, 0.1) is 17.8 Å². The number of carbonyl (C=O) groups excluding carboxylic acids is 3. The topological polar surface area (TPSA) is 84.5 Å². The summed E-state index contributed by atoms with van der Waals surface area (Å²) in [5.41, 5.74) is 0.382. The monoisotopic (exact) mass is 472 g/mol. The number of amides is 2. The highest BCUT2D eigenvalue weighted by molar-refractivity contribution is 8.00. The third-order valence-corrected chi connectivity index (χ3v) is 8.45. The normalized spacial score (nSPS) is 28.2. The average molecular weight is 473 g/mol. The highest BCUT2D eigenvalue weighted by atomic mass is 32.2. The van der Waals surface area contributed by atoms with Crippen molar-refractivity contribution in [3.05, 3.63) is 29.8 Å². The van der Waals surface area contributed by atoms with Gasteiger partial charge in [-0.1, -0.05) is 25.5 Å². The Labute approximate surface area is 201 Å². The molecule has 4 aliphatic rings. The van der Waals surface area contributed by atoms with Crippen molar-refractivity contribution in [1.29, 1.82) is 0 Å². The number of esters is 1. The molecule has 2 amide bonds. The van der Waals surface area contributed by atoms with E-state index in [1.54, 1.807) is 12.1 Å². The van der Waals surface area contributed by atoms with E-state index in [0.29, 0.717) is 10.5 Å². The lowest BCUT2D eigenvalue weighted by molar-refractivity contribution is -0.125. The van der Waals surface area contributed by atoms with Gasteiger partial charge in [0.15, 0.2) is 6.61 Å². The number of hydrogen-bond donors (Lipinski definition) is 2. The van der Waals surface area contributed by atoms with Gasteiger partial charge in [-0.25, -0.2) is 4.79 Å². The highest BCUT2D eigenvalue weighted by Crippen LogP contribution is 2.55. The van der Waals surface area contributed by atoms with Gasteiger partial charge in [-0.15, -0.1) is 11.8 Å². The van der Waals surface area contributed by atoms with E-state index in [2.05, 4.69) is 17.6 Å². The Morgan fingerprint density at radius 1 is 1.06 bits per heavy atom. The number of rotatable bonds is 10. The summed E-state index contributed by atoms with van der Waals surface area (Å²) in [4.78, 5) is 38.2. The van der Waals surface area contributed by atoms with E-state index in [-0.39, 0.29) is 35.8 Å². The molecule has 4 bridgehead atoms. The molecule has 6 nitrogen and oxygen atoms in total. The highest BCUT2D eigenvalue weighted by Gasteiger charge is 2.51. The van der Waals surface area contributed by atoms with Crippen LogP contribution in [0.3, 0.4) is 0 Å². The third kappa shape index (κ3) is 6.11. The summed E-state index contributed by atoms with van der Waals surface area (Å²) < 4.78 is 5.24. The zero-order valence-corrected chi connectivity index (χ0v) is 20.5. The molecule has 0 spiro atoms. The summed E-state index contributed by atoms with van der Waals surface area (Å²) in [6.07, 6.45) is 9.25. The Balaban J connectivity index is 1.28. The van der Waals surface area contributed by atoms with Crippen LogP contribution in [-0.4, -0.2) is 41.7 Å². The second-order valence-corrected chi connectivity index (χ2v) is 11.4. The smallest absolute Gasteiger partial charge is 0.339 e. The molecule has 0 radical (unpaired) electrons. The van der Waals surface area contributed by atoms with Crippen LogP contribution in [-0.2, 0) is 14.3 Å². The van der Waals surface area contributed by atoms with Gasteiger partial charge in [0.1, 0.15) is 0 Å². The summed E-state index contributed by atoms with van der Waals surface area (Å²) >= 11 is 1.35.